The Morgan fingerprint density at radius 2 is 2.00 bits per heavy atom. The van der Waals surface area contributed by atoms with E-state index in [9.17, 15) is 4.79 Å². The maximum atomic E-state index is 10.5. The fraction of sp³-hybridized carbons (Fsp3) is 0.667. The van der Waals surface area contributed by atoms with E-state index in [2.05, 4.69) is 4.74 Å². The molecule has 0 fully saturated rings. The van der Waals surface area contributed by atoms with Gasteiger partial charge in [-0.05, 0) is 0 Å². The zero-order valence-corrected chi connectivity index (χ0v) is 6.47. The van der Waals surface area contributed by atoms with Crippen LogP contribution in [0.2, 0.25) is 0 Å². The third kappa shape index (κ3) is 5.95. The largest absolute Gasteiger partial charge is 1.00 e. The van der Waals surface area contributed by atoms with E-state index >= 15 is 0 Å². The van der Waals surface area contributed by atoms with Crippen LogP contribution in [0.25, 0.3) is 0 Å². The van der Waals surface area contributed by atoms with Gasteiger partial charge in [-0.3, -0.25) is 4.79 Å². The van der Waals surface area contributed by atoms with Gasteiger partial charge in [-0.1, -0.05) is 13.8 Å². The topological polar surface area (TPSA) is 26.3 Å². The van der Waals surface area contributed by atoms with Gasteiger partial charge < -0.3 is 4.74 Å². The van der Waals surface area contributed by atoms with Crippen LogP contribution in [-0.2, 0) is 9.53 Å². The summed E-state index contributed by atoms with van der Waals surface area (Å²) < 4.78 is 4.54. The molecule has 0 atom stereocenters. The second-order valence-electron chi connectivity index (χ2n) is 1.83. The second kappa shape index (κ2) is 6.19. The van der Waals surface area contributed by atoms with Gasteiger partial charge in [0.25, 0.3) is 5.97 Å². The third-order valence-electron chi connectivity index (χ3n) is 0.705. The van der Waals surface area contributed by atoms with E-state index in [0.717, 1.165) is 0 Å². The maximum Gasteiger partial charge on any atom is 1.00 e. The van der Waals surface area contributed by atoms with Crippen LogP contribution in [0, 0.1) is 12.5 Å². The summed E-state index contributed by atoms with van der Waals surface area (Å²) >= 11 is 0. The molecule has 0 N–H and O–H groups in total. The van der Waals surface area contributed by atoms with Crippen LogP contribution in [0.15, 0.2) is 0 Å². The predicted octanol–water partition coefficient (Wildman–Crippen LogP) is -1.63. The van der Waals surface area contributed by atoms with E-state index in [-0.39, 0.29) is 30.7 Å². The van der Waals surface area contributed by atoms with E-state index in [1.165, 1.54) is 6.61 Å². The first-order valence-corrected chi connectivity index (χ1v) is 2.66. The molecular weight excluding hydrogens is 111 g/mol. The Bertz CT molecular complexity index is 81.1. The van der Waals surface area contributed by atoms with Gasteiger partial charge in [0.15, 0.2) is 0 Å². The normalized spacial score (nSPS) is 8.44. The minimum Gasteiger partial charge on any atom is -0.637 e. The van der Waals surface area contributed by atoms with E-state index in [1.54, 1.807) is 20.8 Å². The molecule has 0 bridgehead atoms. The molecular formula is C6H11LiO2. The molecule has 0 heterocycles. The Labute approximate surface area is 68.1 Å². The summed E-state index contributed by atoms with van der Waals surface area (Å²) in [7, 11) is 0. The molecule has 0 unspecified atom stereocenters. The van der Waals surface area contributed by atoms with Crippen molar-refractivity contribution in [3.05, 3.63) is 6.61 Å². The van der Waals surface area contributed by atoms with E-state index in [4.69, 9.17) is 0 Å². The standard InChI is InChI=1S/C6H11O2.Li/c1-4-8-6(7)5(2)3;/h4-5H,1-3H3;/q-1;+1. The zero-order chi connectivity index (χ0) is 6.57. The molecule has 0 rings (SSSR count). The van der Waals surface area contributed by atoms with Crippen molar-refractivity contribution in [2.24, 2.45) is 5.92 Å². The molecule has 9 heavy (non-hydrogen) atoms. The number of esters is 1. The molecule has 0 radical (unpaired) electrons. The molecule has 0 saturated heterocycles. The van der Waals surface area contributed by atoms with Gasteiger partial charge in [0.2, 0.25) is 0 Å². The molecule has 0 aromatic rings. The van der Waals surface area contributed by atoms with Crippen LogP contribution in [0.1, 0.15) is 20.8 Å². The number of carbonyl (C=O) groups is 1. The molecule has 0 spiro atoms. The van der Waals surface area contributed by atoms with Gasteiger partial charge in [0.05, 0.1) is 0 Å². The van der Waals surface area contributed by atoms with E-state index in [1.807, 2.05) is 0 Å². The molecule has 0 aliphatic rings. The minimum atomic E-state index is -0.174. The van der Waals surface area contributed by atoms with Gasteiger partial charge >= 0.3 is 18.9 Å². The molecule has 0 aliphatic heterocycles. The molecule has 0 aromatic carbocycles. The first kappa shape index (κ1) is 11.8. The van der Waals surface area contributed by atoms with Crippen LogP contribution >= 0.6 is 0 Å². The summed E-state index contributed by atoms with van der Waals surface area (Å²) in [6, 6.07) is 0. The number of hydrogen-bond donors (Lipinski definition) is 0. The van der Waals surface area contributed by atoms with Gasteiger partial charge in [-0.2, -0.15) is 13.5 Å². The average Bonchev–Trinajstić information content (AvgIpc) is 1.67. The van der Waals surface area contributed by atoms with Crippen molar-refractivity contribution in [2.45, 2.75) is 20.8 Å². The molecule has 0 saturated carbocycles. The summed E-state index contributed by atoms with van der Waals surface area (Å²) in [5.41, 5.74) is 0. The summed E-state index contributed by atoms with van der Waals surface area (Å²) in [6.07, 6.45) is 0. The number of carbonyl (C=O) groups excluding carboxylic acids is 1. The molecule has 0 aliphatic carbocycles. The monoisotopic (exact) mass is 122 g/mol. The Morgan fingerprint density at radius 3 is 2.11 bits per heavy atom. The second-order valence-corrected chi connectivity index (χ2v) is 1.83. The zero-order valence-electron chi connectivity index (χ0n) is 6.47. The fourth-order valence-corrected chi connectivity index (χ4v) is 0.252. The van der Waals surface area contributed by atoms with Gasteiger partial charge in [0, 0.05) is 5.92 Å². The van der Waals surface area contributed by atoms with E-state index < -0.39 is 0 Å². The summed E-state index contributed by atoms with van der Waals surface area (Å²) in [4.78, 5) is 10.5. The van der Waals surface area contributed by atoms with E-state index in [0.29, 0.717) is 0 Å². The minimum absolute atomic E-state index is 0. The molecule has 0 aromatic heterocycles. The van der Waals surface area contributed by atoms with Crippen molar-refractivity contribution in [1.29, 1.82) is 0 Å². The molecule has 2 nitrogen and oxygen atoms in total. The van der Waals surface area contributed by atoms with Crippen LogP contribution in [-0.4, -0.2) is 5.97 Å². The van der Waals surface area contributed by atoms with Crippen molar-refractivity contribution < 1.29 is 28.4 Å². The summed E-state index contributed by atoms with van der Waals surface area (Å²) in [5, 5.41) is 0. The molecule has 3 heteroatoms. The van der Waals surface area contributed by atoms with Gasteiger partial charge in [0.1, 0.15) is 0 Å². The van der Waals surface area contributed by atoms with Gasteiger partial charge in [-0.25, -0.2) is 0 Å². The Morgan fingerprint density at radius 1 is 1.56 bits per heavy atom. The predicted molar refractivity (Wildman–Crippen MR) is 30.9 cm³/mol. The SMILES string of the molecule is C[CH-]OC(=O)C(C)C.[Li+]. The Kier molecular flexibility index (Phi) is 8.13. The van der Waals surface area contributed by atoms with Crippen molar-refractivity contribution in [3.8, 4) is 0 Å². The van der Waals surface area contributed by atoms with Crippen LogP contribution < -0.4 is 18.9 Å². The molecule has 48 valence electrons. The van der Waals surface area contributed by atoms with Crippen LogP contribution in [0.5, 0.6) is 0 Å². The number of rotatable bonds is 2. The van der Waals surface area contributed by atoms with Crippen molar-refractivity contribution in [2.75, 3.05) is 0 Å². The Balaban J connectivity index is 0. The number of hydrogen-bond acceptors (Lipinski definition) is 2. The van der Waals surface area contributed by atoms with Crippen molar-refractivity contribution in [3.63, 3.8) is 0 Å². The Hall–Kier alpha value is 0.0674. The van der Waals surface area contributed by atoms with Crippen molar-refractivity contribution in [1.82, 2.24) is 0 Å². The summed E-state index contributed by atoms with van der Waals surface area (Å²) in [6.45, 7) is 6.67. The quantitative estimate of drug-likeness (QED) is 0.250. The van der Waals surface area contributed by atoms with Crippen LogP contribution in [0.4, 0.5) is 0 Å². The van der Waals surface area contributed by atoms with Crippen molar-refractivity contribution >= 4 is 5.97 Å². The third-order valence-corrected chi connectivity index (χ3v) is 0.705. The first-order valence-electron chi connectivity index (χ1n) is 2.66. The smallest absolute Gasteiger partial charge is 0.637 e. The fourth-order valence-electron chi connectivity index (χ4n) is 0.252. The molecule has 0 amide bonds. The average molecular weight is 122 g/mol. The number of ether oxygens (including phenoxy) is 1. The summed E-state index contributed by atoms with van der Waals surface area (Å²) in [5.74, 6) is -0.196. The van der Waals surface area contributed by atoms with Gasteiger partial charge in [-0.15, -0.1) is 0 Å². The maximum absolute atomic E-state index is 10.5. The van der Waals surface area contributed by atoms with Crippen LogP contribution in [0.3, 0.4) is 0 Å². The first-order chi connectivity index (χ1) is 3.68.